The van der Waals surface area contributed by atoms with E-state index in [1.54, 1.807) is 6.33 Å². The van der Waals surface area contributed by atoms with Gasteiger partial charge in [0.05, 0.1) is 6.42 Å². The summed E-state index contributed by atoms with van der Waals surface area (Å²) in [5.41, 5.74) is 2.35. The highest BCUT2D eigenvalue weighted by molar-refractivity contribution is 5.68. The molecule has 2 rings (SSSR count). The Morgan fingerprint density at radius 2 is 2.16 bits per heavy atom. The molecule has 1 aliphatic rings. The first-order valence-corrected chi connectivity index (χ1v) is 6.94. The van der Waals surface area contributed by atoms with Gasteiger partial charge in [-0.05, 0) is 39.5 Å². The number of aryl methyl sites for hydroxylation is 1. The maximum absolute atomic E-state index is 10.9. The molecule has 5 nitrogen and oxygen atoms in total. The van der Waals surface area contributed by atoms with E-state index in [2.05, 4.69) is 14.9 Å². The molecule has 0 saturated heterocycles. The fourth-order valence-corrected chi connectivity index (χ4v) is 2.78. The van der Waals surface area contributed by atoms with Gasteiger partial charge in [0.1, 0.15) is 12.1 Å². The third kappa shape index (κ3) is 3.03. The summed E-state index contributed by atoms with van der Waals surface area (Å²) in [5, 5.41) is 8.95. The van der Waals surface area contributed by atoms with Gasteiger partial charge in [-0.3, -0.25) is 4.79 Å². The van der Waals surface area contributed by atoms with Crippen LogP contribution < -0.4 is 4.90 Å². The SMILES string of the molecule is CCN(c1ncnc2c1CCCC2)C(C)CC(=O)O. The number of carbonyl (C=O) groups is 1. The third-order valence-electron chi connectivity index (χ3n) is 3.72. The van der Waals surface area contributed by atoms with Gasteiger partial charge in [-0.15, -0.1) is 0 Å². The van der Waals surface area contributed by atoms with Crippen molar-refractivity contribution in [2.75, 3.05) is 11.4 Å². The van der Waals surface area contributed by atoms with Gasteiger partial charge in [0, 0.05) is 23.8 Å². The van der Waals surface area contributed by atoms with Crippen LogP contribution in [0.4, 0.5) is 5.82 Å². The van der Waals surface area contributed by atoms with Gasteiger partial charge in [-0.25, -0.2) is 9.97 Å². The van der Waals surface area contributed by atoms with Crippen molar-refractivity contribution < 1.29 is 9.90 Å². The van der Waals surface area contributed by atoms with E-state index in [0.29, 0.717) is 0 Å². The number of carboxylic acid groups (broad SMARTS) is 1. The molecule has 104 valence electrons. The second-order valence-electron chi connectivity index (χ2n) is 5.06. The van der Waals surface area contributed by atoms with Gasteiger partial charge >= 0.3 is 5.97 Å². The maximum atomic E-state index is 10.9. The molecule has 0 spiro atoms. The molecular weight excluding hydrogens is 242 g/mol. The number of fused-ring (bicyclic) bond motifs is 1. The van der Waals surface area contributed by atoms with E-state index >= 15 is 0 Å². The molecule has 19 heavy (non-hydrogen) atoms. The predicted octanol–water partition coefficient (Wildman–Crippen LogP) is 2.04. The fourth-order valence-electron chi connectivity index (χ4n) is 2.78. The van der Waals surface area contributed by atoms with Crippen LogP contribution in [0.1, 0.15) is 44.4 Å². The Kier molecular flexibility index (Phi) is 4.35. The average molecular weight is 263 g/mol. The first-order chi connectivity index (χ1) is 9.13. The van der Waals surface area contributed by atoms with Crippen LogP contribution in [-0.4, -0.2) is 33.6 Å². The average Bonchev–Trinajstić information content (AvgIpc) is 2.39. The van der Waals surface area contributed by atoms with Crippen molar-refractivity contribution in [3.05, 3.63) is 17.6 Å². The fraction of sp³-hybridized carbons (Fsp3) is 0.643. The van der Waals surface area contributed by atoms with Crippen LogP contribution in [-0.2, 0) is 17.6 Å². The molecule has 1 unspecified atom stereocenters. The summed E-state index contributed by atoms with van der Waals surface area (Å²) in [6, 6.07) is -0.0524. The van der Waals surface area contributed by atoms with Gasteiger partial charge in [0.15, 0.2) is 0 Å². The highest BCUT2D eigenvalue weighted by Gasteiger charge is 2.23. The van der Waals surface area contributed by atoms with E-state index in [9.17, 15) is 4.79 Å². The molecule has 1 aromatic rings. The van der Waals surface area contributed by atoms with E-state index in [0.717, 1.165) is 37.3 Å². The standard InChI is InChI=1S/C14H21N3O2/c1-3-17(10(2)8-13(18)19)14-11-6-4-5-7-12(11)15-9-16-14/h9-10H,3-8H2,1-2H3,(H,18,19). The zero-order valence-corrected chi connectivity index (χ0v) is 11.6. The molecule has 1 aromatic heterocycles. The number of aliphatic carboxylic acids is 1. The zero-order chi connectivity index (χ0) is 13.8. The van der Waals surface area contributed by atoms with E-state index < -0.39 is 5.97 Å². The van der Waals surface area contributed by atoms with Crippen molar-refractivity contribution in [2.24, 2.45) is 0 Å². The molecule has 5 heteroatoms. The molecule has 0 bridgehead atoms. The van der Waals surface area contributed by atoms with Crippen molar-refractivity contribution in [3.63, 3.8) is 0 Å². The Labute approximate surface area is 113 Å². The Hall–Kier alpha value is -1.65. The molecule has 1 N–H and O–H groups in total. The molecule has 0 fully saturated rings. The Morgan fingerprint density at radius 3 is 2.84 bits per heavy atom. The van der Waals surface area contributed by atoms with Crippen molar-refractivity contribution in [1.29, 1.82) is 0 Å². The minimum absolute atomic E-state index is 0.0524. The van der Waals surface area contributed by atoms with E-state index in [1.165, 1.54) is 12.0 Å². The lowest BCUT2D eigenvalue weighted by molar-refractivity contribution is -0.137. The van der Waals surface area contributed by atoms with E-state index in [4.69, 9.17) is 5.11 Å². The molecule has 1 heterocycles. The summed E-state index contributed by atoms with van der Waals surface area (Å²) in [7, 11) is 0. The number of rotatable bonds is 5. The summed E-state index contributed by atoms with van der Waals surface area (Å²) in [6.45, 7) is 4.74. The van der Waals surface area contributed by atoms with E-state index in [1.807, 2.05) is 13.8 Å². The van der Waals surface area contributed by atoms with Crippen LogP contribution in [0, 0.1) is 0 Å². The smallest absolute Gasteiger partial charge is 0.305 e. The number of nitrogens with zero attached hydrogens (tertiary/aromatic N) is 3. The van der Waals surface area contributed by atoms with Gasteiger partial charge in [0.2, 0.25) is 0 Å². The van der Waals surface area contributed by atoms with Crippen molar-refractivity contribution in [3.8, 4) is 0 Å². The number of carboxylic acids is 1. The Morgan fingerprint density at radius 1 is 1.42 bits per heavy atom. The largest absolute Gasteiger partial charge is 0.481 e. The topological polar surface area (TPSA) is 66.3 Å². The minimum atomic E-state index is -0.770. The second-order valence-corrected chi connectivity index (χ2v) is 5.06. The maximum Gasteiger partial charge on any atom is 0.305 e. The molecule has 0 aliphatic heterocycles. The van der Waals surface area contributed by atoms with Gasteiger partial charge in [-0.1, -0.05) is 0 Å². The summed E-state index contributed by atoms with van der Waals surface area (Å²) in [6.07, 6.45) is 6.10. The van der Waals surface area contributed by atoms with Crippen LogP contribution in [0.15, 0.2) is 6.33 Å². The number of hydrogen-bond acceptors (Lipinski definition) is 4. The molecule has 1 atom stereocenters. The Balaban J connectivity index is 2.30. The lowest BCUT2D eigenvalue weighted by Gasteiger charge is -2.31. The molecule has 0 radical (unpaired) electrons. The summed E-state index contributed by atoms with van der Waals surface area (Å²) in [4.78, 5) is 21.8. The van der Waals surface area contributed by atoms with Crippen LogP contribution in [0.5, 0.6) is 0 Å². The number of hydrogen-bond donors (Lipinski definition) is 1. The Bertz CT molecular complexity index is 462. The number of anilines is 1. The van der Waals surface area contributed by atoms with Crippen LogP contribution in [0.3, 0.4) is 0 Å². The molecule has 1 aliphatic carbocycles. The van der Waals surface area contributed by atoms with Gasteiger partial charge in [-0.2, -0.15) is 0 Å². The summed E-state index contributed by atoms with van der Waals surface area (Å²) >= 11 is 0. The molecular formula is C14H21N3O2. The van der Waals surface area contributed by atoms with E-state index in [-0.39, 0.29) is 12.5 Å². The molecule has 0 saturated carbocycles. The first-order valence-electron chi connectivity index (χ1n) is 6.94. The lowest BCUT2D eigenvalue weighted by Crippen LogP contribution is -2.36. The molecule has 0 aromatic carbocycles. The first kappa shape index (κ1) is 13.8. The minimum Gasteiger partial charge on any atom is -0.481 e. The monoisotopic (exact) mass is 263 g/mol. The third-order valence-corrected chi connectivity index (χ3v) is 3.72. The lowest BCUT2D eigenvalue weighted by atomic mass is 9.96. The van der Waals surface area contributed by atoms with Gasteiger partial charge < -0.3 is 10.0 Å². The van der Waals surface area contributed by atoms with Crippen LogP contribution in [0.25, 0.3) is 0 Å². The quantitative estimate of drug-likeness (QED) is 0.880. The summed E-state index contributed by atoms with van der Waals surface area (Å²) < 4.78 is 0. The van der Waals surface area contributed by atoms with Gasteiger partial charge in [0.25, 0.3) is 0 Å². The zero-order valence-electron chi connectivity index (χ0n) is 11.6. The second kappa shape index (κ2) is 5.99. The highest BCUT2D eigenvalue weighted by Crippen LogP contribution is 2.28. The predicted molar refractivity (Wildman–Crippen MR) is 73.4 cm³/mol. The number of aromatic nitrogens is 2. The highest BCUT2D eigenvalue weighted by atomic mass is 16.4. The van der Waals surface area contributed by atoms with Crippen molar-refractivity contribution >= 4 is 11.8 Å². The van der Waals surface area contributed by atoms with Crippen LogP contribution in [0.2, 0.25) is 0 Å². The van der Waals surface area contributed by atoms with Crippen LogP contribution >= 0.6 is 0 Å². The summed E-state index contributed by atoms with van der Waals surface area (Å²) in [5.74, 6) is 0.162. The molecule has 0 amide bonds. The van der Waals surface area contributed by atoms with Crippen molar-refractivity contribution in [1.82, 2.24) is 9.97 Å². The van der Waals surface area contributed by atoms with Crippen molar-refractivity contribution in [2.45, 2.75) is 52.0 Å². The normalized spacial score (nSPS) is 15.7.